The van der Waals surface area contributed by atoms with E-state index in [-0.39, 0.29) is 17.1 Å². The maximum Gasteiger partial charge on any atom is 0.252 e. The van der Waals surface area contributed by atoms with E-state index in [4.69, 9.17) is 4.74 Å². The number of benzene rings is 1. The van der Waals surface area contributed by atoms with Crippen LogP contribution >= 0.6 is 0 Å². The second-order valence-electron chi connectivity index (χ2n) is 6.73. The summed E-state index contributed by atoms with van der Waals surface area (Å²) in [7, 11) is -1.95. The maximum absolute atomic E-state index is 12.1. The normalized spacial score (nSPS) is 13.1. The van der Waals surface area contributed by atoms with Crippen LogP contribution in [0, 0.1) is 0 Å². The zero-order valence-corrected chi connectivity index (χ0v) is 16.8. The molecule has 3 aromatic rings. The number of hydrogen-bond acceptors (Lipinski definition) is 7. The highest BCUT2D eigenvalue weighted by molar-refractivity contribution is 7.90. The van der Waals surface area contributed by atoms with Gasteiger partial charge in [-0.1, -0.05) is 26.0 Å². The zero-order chi connectivity index (χ0) is 19.8. The smallest absolute Gasteiger partial charge is 0.252 e. The Balaban J connectivity index is 2.06. The summed E-state index contributed by atoms with van der Waals surface area (Å²) in [6.07, 6.45) is 2.80. The van der Waals surface area contributed by atoms with Gasteiger partial charge in [-0.3, -0.25) is 0 Å². The number of nitrogens with one attached hydrogen (secondary N) is 1. The molecular weight excluding hydrogens is 366 g/mol. The van der Waals surface area contributed by atoms with Gasteiger partial charge in [-0.05, 0) is 30.5 Å². The number of rotatable bonds is 6. The van der Waals surface area contributed by atoms with E-state index in [1.165, 1.54) is 0 Å². The van der Waals surface area contributed by atoms with Gasteiger partial charge in [0, 0.05) is 11.8 Å². The zero-order valence-electron chi connectivity index (χ0n) is 16.0. The summed E-state index contributed by atoms with van der Waals surface area (Å²) >= 11 is 0. The molecular formula is C18H23N5O3S. The van der Waals surface area contributed by atoms with Crippen LogP contribution in [0.15, 0.2) is 35.6 Å². The highest BCUT2D eigenvalue weighted by Gasteiger charge is 2.21. The van der Waals surface area contributed by atoms with Gasteiger partial charge in [0.2, 0.25) is 15.8 Å². The molecule has 27 heavy (non-hydrogen) atoms. The minimum Gasteiger partial charge on any atom is -0.497 e. The van der Waals surface area contributed by atoms with Gasteiger partial charge in [0.05, 0.1) is 19.3 Å². The first-order chi connectivity index (χ1) is 12.7. The fraction of sp³-hybridized carbons (Fsp3) is 0.389. The quantitative estimate of drug-likeness (QED) is 0.692. The van der Waals surface area contributed by atoms with E-state index >= 15 is 0 Å². The van der Waals surface area contributed by atoms with Crippen molar-refractivity contribution in [1.82, 2.24) is 19.6 Å². The number of ether oxygens (including phenoxy) is 1. The molecule has 0 aliphatic carbocycles. The first kappa shape index (κ1) is 19.1. The summed E-state index contributed by atoms with van der Waals surface area (Å²) in [5.41, 5.74) is 2.35. The Bertz CT molecular complexity index is 1060. The van der Waals surface area contributed by atoms with Gasteiger partial charge in [-0.2, -0.15) is 19.6 Å². The first-order valence-electron chi connectivity index (χ1n) is 8.57. The molecule has 0 spiro atoms. The molecule has 0 fully saturated rings. The Morgan fingerprint density at radius 1 is 1.11 bits per heavy atom. The molecule has 1 atom stereocenters. The number of fused-ring (bicyclic) bond motifs is 1. The van der Waals surface area contributed by atoms with E-state index in [1.807, 2.05) is 45.0 Å². The number of sulfone groups is 1. The largest absolute Gasteiger partial charge is 0.497 e. The average Bonchev–Trinajstić information content (AvgIpc) is 3.05. The number of aromatic nitrogens is 4. The molecule has 0 bridgehead atoms. The maximum atomic E-state index is 12.1. The van der Waals surface area contributed by atoms with Crippen LogP contribution in [0.5, 0.6) is 5.75 Å². The molecule has 0 saturated carbocycles. The van der Waals surface area contributed by atoms with Gasteiger partial charge < -0.3 is 10.1 Å². The monoisotopic (exact) mass is 389 g/mol. The van der Waals surface area contributed by atoms with Crippen LogP contribution in [-0.4, -0.2) is 41.4 Å². The third-order valence-electron chi connectivity index (χ3n) is 4.29. The predicted octanol–water partition coefficient (Wildman–Crippen LogP) is 2.83. The molecule has 0 saturated heterocycles. The molecule has 3 rings (SSSR count). The molecule has 0 radical (unpaired) electrons. The molecule has 2 heterocycles. The van der Waals surface area contributed by atoms with Crippen LogP contribution < -0.4 is 10.1 Å². The number of anilines is 1. The Labute approximate surface area is 158 Å². The van der Waals surface area contributed by atoms with Crippen molar-refractivity contribution in [1.29, 1.82) is 0 Å². The second kappa shape index (κ2) is 7.15. The molecule has 1 unspecified atom stereocenters. The molecule has 1 aromatic carbocycles. The van der Waals surface area contributed by atoms with E-state index in [1.54, 1.807) is 17.8 Å². The summed E-state index contributed by atoms with van der Waals surface area (Å²) in [5, 5.41) is 7.38. The number of methoxy groups -OCH3 is 1. The van der Waals surface area contributed by atoms with Crippen molar-refractivity contribution in [2.24, 2.45) is 0 Å². The molecule has 9 heteroatoms. The third-order valence-corrected chi connectivity index (χ3v) is 5.14. The van der Waals surface area contributed by atoms with Crippen molar-refractivity contribution in [3.05, 3.63) is 41.6 Å². The van der Waals surface area contributed by atoms with Crippen LogP contribution in [0.2, 0.25) is 0 Å². The Hall–Kier alpha value is -2.68. The molecule has 0 aliphatic heterocycles. The van der Waals surface area contributed by atoms with Gasteiger partial charge in [-0.15, -0.1) is 0 Å². The summed E-state index contributed by atoms with van der Waals surface area (Å²) in [6.45, 7) is 5.97. The van der Waals surface area contributed by atoms with Gasteiger partial charge in [0.1, 0.15) is 5.75 Å². The van der Waals surface area contributed by atoms with E-state index in [9.17, 15) is 8.42 Å². The van der Waals surface area contributed by atoms with Gasteiger partial charge in [0.25, 0.3) is 5.16 Å². The number of hydrogen-bond donors (Lipinski definition) is 1. The van der Waals surface area contributed by atoms with Crippen molar-refractivity contribution in [2.45, 2.75) is 37.9 Å². The second-order valence-corrected chi connectivity index (χ2v) is 8.64. The first-order valence-corrected chi connectivity index (χ1v) is 10.5. The molecule has 8 nitrogen and oxygen atoms in total. The highest BCUT2D eigenvalue weighted by atomic mass is 32.2. The van der Waals surface area contributed by atoms with E-state index < -0.39 is 9.84 Å². The summed E-state index contributed by atoms with van der Waals surface area (Å²) in [5.74, 6) is 1.25. The fourth-order valence-corrected chi connectivity index (χ4v) is 3.22. The lowest BCUT2D eigenvalue weighted by atomic mass is 10.1. The van der Waals surface area contributed by atoms with Crippen molar-refractivity contribution in [2.75, 3.05) is 18.7 Å². The fourth-order valence-electron chi connectivity index (χ4n) is 2.71. The third kappa shape index (κ3) is 3.87. The summed E-state index contributed by atoms with van der Waals surface area (Å²) < 4.78 is 30.9. The highest BCUT2D eigenvalue weighted by Crippen LogP contribution is 2.25. The SMILES string of the molecule is COc1ccc(C(C)Nc2nc(S(C)(=O)=O)nc3c(C(C)C)cnn23)cc1. The standard InChI is InChI=1S/C18H23N5O3S/c1-11(2)15-10-19-23-16(15)21-18(27(5,24)25)22-17(23)20-12(3)13-6-8-14(26-4)9-7-13/h6-12H,1-5H3,(H,20,21,22). The van der Waals surface area contributed by atoms with Crippen LogP contribution in [0.25, 0.3) is 5.65 Å². The predicted molar refractivity (Wildman–Crippen MR) is 103 cm³/mol. The lowest BCUT2D eigenvalue weighted by molar-refractivity contribution is 0.414. The topological polar surface area (TPSA) is 98.5 Å². The van der Waals surface area contributed by atoms with Crippen molar-refractivity contribution in [3.63, 3.8) is 0 Å². The van der Waals surface area contributed by atoms with E-state index in [2.05, 4.69) is 20.4 Å². The van der Waals surface area contributed by atoms with E-state index in [0.29, 0.717) is 11.6 Å². The van der Waals surface area contributed by atoms with Crippen molar-refractivity contribution < 1.29 is 13.2 Å². The lowest BCUT2D eigenvalue weighted by Gasteiger charge is -2.16. The molecule has 0 aliphatic rings. The molecule has 0 amide bonds. The van der Waals surface area contributed by atoms with Crippen molar-refractivity contribution >= 4 is 21.4 Å². The Kier molecular flexibility index (Phi) is 5.05. The molecule has 1 N–H and O–H groups in total. The van der Waals surface area contributed by atoms with Crippen LogP contribution in [0.4, 0.5) is 5.95 Å². The lowest BCUT2D eigenvalue weighted by Crippen LogP contribution is -2.16. The van der Waals surface area contributed by atoms with E-state index in [0.717, 1.165) is 23.1 Å². The minimum atomic E-state index is -3.57. The van der Waals surface area contributed by atoms with Gasteiger partial charge in [-0.25, -0.2) is 8.42 Å². The average molecular weight is 389 g/mol. The van der Waals surface area contributed by atoms with Crippen LogP contribution in [-0.2, 0) is 9.84 Å². The van der Waals surface area contributed by atoms with Crippen LogP contribution in [0.3, 0.4) is 0 Å². The minimum absolute atomic E-state index is 0.131. The molecule has 144 valence electrons. The molecule has 2 aromatic heterocycles. The van der Waals surface area contributed by atoms with Crippen LogP contribution in [0.1, 0.15) is 43.9 Å². The Morgan fingerprint density at radius 2 is 1.78 bits per heavy atom. The number of nitrogens with zero attached hydrogens (tertiary/aromatic N) is 4. The summed E-state index contributed by atoms with van der Waals surface area (Å²) in [6, 6.07) is 7.49. The Morgan fingerprint density at radius 3 is 2.33 bits per heavy atom. The van der Waals surface area contributed by atoms with Gasteiger partial charge in [0.15, 0.2) is 5.65 Å². The van der Waals surface area contributed by atoms with Crippen molar-refractivity contribution in [3.8, 4) is 5.75 Å². The summed E-state index contributed by atoms with van der Waals surface area (Å²) in [4.78, 5) is 8.45. The van der Waals surface area contributed by atoms with Gasteiger partial charge >= 0.3 is 0 Å².